The average Bonchev–Trinajstić information content (AvgIpc) is 2.33. The van der Waals surface area contributed by atoms with Crippen LogP contribution < -0.4 is 68.9 Å². The van der Waals surface area contributed by atoms with Crippen LogP contribution in [-0.4, -0.2) is 71.0 Å². The Kier molecular flexibility index (Phi) is 12.8. The molecule has 1 rings (SSSR count). The molecule has 0 radical (unpaired) electrons. The third-order valence-corrected chi connectivity index (χ3v) is 3.13. The first-order chi connectivity index (χ1) is 8.71. The second-order valence-corrected chi connectivity index (χ2v) is 5.06. The van der Waals surface area contributed by atoms with Gasteiger partial charge in [0, 0.05) is 7.11 Å². The van der Waals surface area contributed by atoms with Gasteiger partial charge in [-0.25, -0.2) is 0 Å². The van der Waals surface area contributed by atoms with E-state index in [4.69, 9.17) is 9.84 Å². The summed E-state index contributed by atoms with van der Waals surface area (Å²) in [5, 5.41) is 37.5. The Morgan fingerprint density at radius 3 is 2.19 bits per heavy atom. The monoisotopic (exact) mass is 348 g/mol. The van der Waals surface area contributed by atoms with Gasteiger partial charge in [0.2, 0.25) is 0 Å². The summed E-state index contributed by atoms with van der Waals surface area (Å²) in [4.78, 5) is 21.2. The summed E-state index contributed by atoms with van der Waals surface area (Å²) in [6, 6.07) is 0. The van der Waals surface area contributed by atoms with E-state index in [2.05, 4.69) is 9.26 Å². The zero-order valence-corrected chi connectivity index (χ0v) is 16.8. The van der Waals surface area contributed by atoms with E-state index in [1.807, 2.05) is 0 Å². The summed E-state index contributed by atoms with van der Waals surface area (Å²) in [7, 11) is -4.36. The van der Waals surface area contributed by atoms with Crippen LogP contribution in [0.15, 0.2) is 0 Å². The van der Waals surface area contributed by atoms with E-state index in [-0.39, 0.29) is 59.1 Å². The van der Waals surface area contributed by atoms with Crippen molar-refractivity contribution in [3.8, 4) is 0 Å². The number of phosphoric acid groups is 1. The molecule has 0 aromatic rings. The van der Waals surface area contributed by atoms with Gasteiger partial charge < -0.3 is 48.8 Å². The van der Waals surface area contributed by atoms with Crippen molar-refractivity contribution in [1.29, 1.82) is 0 Å². The number of hydrogen-bond acceptors (Lipinski definition) is 10. The molecule has 114 valence electrons. The average molecular weight is 348 g/mol. The zero-order chi connectivity index (χ0) is 14.8. The van der Waals surface area contributed by atoms with E-state index in [0.29, 0.717) is 0 Å². The van der Waals surface area contributed by atoms with E-state index < -0.39 is 51.2 Å². The summed E-state index contributed by atoms with van der Waals surface area (Å²) in [6.45, 7) is -0.841. The number of phosphoric ester groups is 1. The predicted octanol–water partition coefficient (Wildman–Crippen LogP) is -10.3. The Bertz CT molecular complexity index is 341. The van der Waals surface area contributed by atoms with E-state index in [9.17, 15) is 29.7 Å². The number of rotatable bonds is 5. The van der Waals surface area contributed by atoms with Crippen LogP contribution in [0.25, 0.3) is 0 Å². The van der Waals surface area contributed by atoms with Gasteiger partial charge in [0.1, 0.15) is 30.5 Å². The van der Waals surface area contributed by atoms with E-state index in [1.54, 1.807) is 0 Å². The third-order valence-electron chi connectivity index (χ3n) is 2.63. The number of aliphatic hydroxyl groups excluding tert-OH is 4. The molecule has 21 heavy (non-hydrogen) atoms. The van der Waals surface area contributed by atoms with E-state index in [0.717, 1.165) is 7.11 Å². The van der Waals surface area contributed by atoms with Crippen LogP contribution in [0, 0.1) is 0 Å². The predicted molar refractivity (Wildman–Crippen MR) is 53.3 cm³/mol. The molecule has 0 saturated carbocycles. The smallest absolute Gasteiger partial charge is 0.790 e. The van der Waals surface area contributed by atoms with Gasteiger partial charge in [-0.2, -0.15) is 0 Å². The maximum Gasteiger partial charge on any atom is 1.00 e. The summed E-state index contributed by atoms with van der Waals surface area (Å²) >= 11 is 0. The Balaban J connectivity index is 0. The SMILES string of the molecule is CO[C@@H]1O[C@H]([C@@H](O)CO)[C@@H](OP(=O)([O-])[O-])[C@H](O)[C@@H]1O.[Na+].[Na+]. The number of ether oxygens (including phenoxy) is 2. The molecule has 0 spiro atoms. The van der Waals surface area contributed by atoms with Crippen molar-refractivity contribution in [3.63, 3.8) is 0 Å². The van der Waals surface area contributed by atoms with Gasteiger partial charge in [-0.1, -0.05) is 0 Å². The molecule has 0 aromatic heterocycles. The van der Waals surface area contributed by atoms with Crippen molar-refractivity contribution < 1.29 is 108 Å². The molecular formula is C8H15Na2O10P. The van der Waals surface area contributed by atoms with Crippen molar-refractivity contribution in [2.75, 3.05) is 13.7 Å². The Hall–Kier alpha value is 1.87. The van der Waals surface area contributed by atoms with Gasteiger partial charge in [-0.15, -0.1) is 0 Å². The quantitative estimate of drug-likeness (QED) is 0.276. The normalized spacial score (nSPS) is 34.5. The fraction of sp³-hybridized carbons (Fsp3) is 1.00. The van der Waals surface area contributed by atoms with Crippen LogP contribution in [0.3, 0.4) is 0 Å². The van der Waals surface area contributed by atoms with Gasteiger partial charge in [-0.3, -0.25) is 0 Å². The molecule has 13 heteroatoms. The van der Waals surface area contributed by atoms with E-state index >= 15 is 0 Å². The third kappa shape index (κ3) is 7.10. The van der Waals surface area contributed by atoms with Crippen LogP contribution in [0.5, 0.6) is 0 Å². The summed E-state index contributed by atoms with van der Waals surface area (Å²) in [5.74, 6) is 0. The first kappa shape index (κ1) is 25.1. The molecule has 1 saturated heterocycles. The molecule has 4 N–H and O–H groups in total. The molecule has 0 aliphatic carbocycles. The second-order valence-electron chi connectivity index (χ2n) is 3.95. The topological polar surface area (TPSA) is 172 Å². The van der Waals surface area contributed by atoms with Gasteiger partial charge in [-0.05, 0) is 0 Å². The van der Waals surface area contributed by atoms with Gasteiger partial charge in [0.15, 0.2) is 6.29 Å². The molecule has 10 nitrogen and oxygen atoms in total. The molecule has 0 unspecified atom stereocenters. The maximum absolute atomic E-state index is 10.6. The van der Waals surface area contributed by atoms with Crippen molar-refractivity contribution in [1.82, 2.24) is 0 Å². The molecule has 1 aliphatic rings. The molecule has 1 aliphatic heterocycles. The van der Waals surface area contributed by atoms with Crippen molar-refractivity contribution in [3.05, 3.63) is 0 Å². The summed E-state index contributed by atoms with van der Waals surface area (Å²) < 4.78 is 24.3. The molecule has 1 heterocycles. The maximum atomic E-state index is 10.6. The Labute approximate surface area is 165 Å². The molecule has 0 bridgehead atoms. The summed E-state index contributed by atoms with van der Waals surface area (Å²) in [5.41, 5.74) is 0. The molecule has 1 fully saturated rings. The Morgan fingerprint density at radius 1 is 1.29 bits per heavy atom. The zero-order valence-electron chi connectivity index (χ0n) is 11.9. The molecule has 0 amide bonds. The van der Waals surface area contributed by atoms with Crippen LogP contribution in [0.1, 0.15) is 0 Å². The van der Waals surface area contributed by atoms with Gasteiger partial charge in [0.25, 0.3) is 0 Å². The minimum Gasteiger partial charge on any atom is -0.790 e. The first-order valence-electron chi connectivity index (χ1n) is 5.25. The number of hydrogen-bond donors (Lipinski definition) is 4. The minimum absolute atomic E-state index is 0. The number of aliphatic hydroxyl groups is 4. The van der Waals surface area contributed by atoms with Crippen molar-refractivity contribution >= 4 is 7.82 Å². The fourth-order valence-electron chi connectivity index (χ4n) is 1.74. The van der Waals surface area contributed by atoms with Crippen molar-refractivity contribution in [2.45, 2.75) is 36.8 Å². The summed E-state index contributed by atoms with van der Waals surface area (Å²) in [6.07, 6.45) is -9.99. The van der Waals surface area contributed by atoms with Gasteiger partial charge in [0.05, 0.1) is 14.4 Å². The largest absolute Gasteiger partial charge is 1.00 e. The fourth-order valence-corrected chi connectivity index (χ4v) is 2.29. The van der Waals surface area contributed by atoms with Crippen LogP contribution in [-0.2, 0) is 18.6 Å². The van der Waals surface area contributed by atoms with Crippen LogP contribution in [0.2, 0.25) is 0 Å². The van der Waals surface area contributed by atoms with Crippen molar-refractivity contribution in [2.24, 2.45) is 0 Å². The minimum atomic E-state index is -5.50. The van der Waals surface area contributed by atoms with E-state index in [1.165, 1.54) is 0 Å². The van der Waals surface area contributed by atoms with Gasteiger partial charge >= 0.3 is 59.1 Å². The van der Waals surface area contributed by atoms with Crippen LogP contribution in [0.4, 0.5) is 0 Å². The Morgan fingerprint density at radius 2 is 1.81 bits per heavy atom. The van der Waals surface area contributed by atoms with Crippen LogP contribution >= 0.6 is 7.82 Å². The molecule has 0 aromatic carbocycles. The number of methoxy groups -OCH3 is 1. The molecular weight excluding hydrogens is 333 g/mol. The standard InChI is InChI=1S/C8H17O10P.2Na/c1-16-8-5(12)4(11)7(18-19(13,14)15)6(17-8)3(10)2-9;;/h3-12H,2H2,1H3,(H2,13,14,15);;/q;2*+1/p-2/t3-,4+,5-,6+,7-,8+;;/m0../s1. The molecule has 6 atom stereocenters. The first-order valence-corrected chi connectivity index (χ1v) is 6.71. The second kappa shape index (κ2) is 10.7.